The van der Waals surface area contributed by atoms with Crippen molar-refractivity contribution >= 4 is 33.3 Å². The van der Waals surface area contributed by atoms with Crippen LogP contribution in [-0.2, 0) is 6.54 Å². The molecule has 0 spiro atoms. The first-order valence-electron chi connectivity index (χ1n) is 11.1. The number of aromatic nitrogens is 5. The van der Waals surface area contributed by atoms with E-state index >= 15 is 0 Å². The smallest absolute Gasteiger partial charge is 0.181 e. The number of nitrogens with zero attached hydrogens (tertiary/aromatic N) is 3. The van der Waals surface area contributed by atoms with Crippen LogP contribution in [0.5, 0.6) is 0 Å². The van der Waals surface area contributed by atoms with Crippen LogP contribution in [0.3, 0.4) is 0 Å². The second kappa shape index (κ2) is 8.48. The highest BCUT2D eigenvalue weighted by Crippen LogP contribution is 2.36. The molecule has 8 heteroatoms. The van der Waals surface area contributed by atoms with Crippen molar-refractivity contribution in [2.24, 2.45) is 0 Å². The van der Waals surface area contributed by atoms with Gasteiger partial charge in [0.15, 0.2) is 10.8 Å². The van der Waals surface area contributed by atoms with Crippen LogP contribution in [0, 0.1) is 5.13 Å². The van der Waals surface area contributed by atoms with E-state index in [9.17, 15) is 4.39 Å². The number of H-pyrrole nitrogens is 2. The highest BCUT2D eigenvalue weighted by molar-refractivity contribution is 7.14. The van der Waals surface area contributed by atoms with Gasteiger partial charge < -0.3 is 10.3 Å². The van der Waals surface area contributed by atoms with Gasteiger partial charge in [-0.25, -0.2) is 4.98 Å². The average Bonchev–Trinajstić information content (AvgIpc) is 3.59. The predicted molar refractivity (Wildman–Crippen MR) is 135 cm³/mol. The Hall–Kier alpha value is -3.88. The lowest BCUT2D eigenvalue weighted by atomic mass is 10.1. The fourth-order valence-corrected chi connectivity index (χ4v) is 5.01. The molecule has 3 N–H and O–H groups in total. The Morgan fingerprint density at radius 1 is 1.00 bits per heavy atom. The summed E-state index contributed by atoms with van der Waals surface area (Å²) in [6, 6.07) is 15.7. The van der Waals surface area contributed by atoms with Gasteiger partial charge in [-0.1, -0.05) is 19.1 Å². The lowest BCUT2D eigenvalue weighted by molar-refractivity contribution is 0.657. The van der Waals surface area contributed by atoms with Crippen LogP contribution < -0.4 is 5.32 Å². The Bertz CT molecular complexity index is 1630. The highest BCUT2D eigenvalue weighted by atomic mass is 32.1. The molecule has 0 saturated heterocycles. The van der Waals surface area contributed by atoms with E-state index < -0.39 is 0 Å². The molecular weight excluding hydrogens is 447 g/mol. The fourth-order valence-electron chi connectivity index (χ4n) is 4.24. The Balaban J connectivity index is 1.44. The van der Waals surface area contributed by atoms with E-state index in [1.165, 1.54) is 6.07 Å². The predicted octanol–water partition coefficient (Wildman–Crippen LogP) is 6.15. The summed E-state index contributed by atoms with van der Waals surface area (Å²) in [4.78, 5) is 13.4. The highest BCUT2D eigenvalue weighted by Gasteiger charge is 2.15. The summed E-state index contributed by atoms with van der Waals surface area (Å²) < 4.78 is 13.7. The zero-order valence-corrected chi connectivity index (χ0v) is 19.2. The van der Waals surface area contributed by atoms with Gasteiger partial charge in [0.1, 0.15) is 0 Å². The topological polar surface area (TPSA) is 82.3 Å². The van der Waals surface area contributed by atoms with Gasteiger partial charge in [0, 0.05) is 63.0 Å². The number of hydrogen-bond acceptors (Lipinski definition) is 5. The minimum Gasteiger partial charge on any atom is -0.353 e. The molecule has 5 heterocycles. The first-order chi connectivity index (χ1) is 16.7. The van der Waals surface area contributed by atoms with Crippen LogP contribution >= 0.6 is 11.3 Å². The fraction of sp³-hybridized carbons (Fsp3) is 0.115. The molecule has 0 saturated carbocycles. The summed E-state index contributed by atoms with van der Waals surface area (Å²) in [6.45, 7) is 3.76. The molecule has 6 aromatic rings. The van der Waals surface area contributed by atoms with Gasteiger partial charge in [0.2, 0.25) is 0 Å². The maximum Gasteiger partial charge on any atom is 0.181 e. The first kappa shape index (κ1) is 20.7. The number of rotatable bonds is 6. The zero-order valence-electron chi connectivity index (χ0n) is 18.4. The maximum absolute atomic E-state index is 13.7. The van der Waals surface area contributed by atoms with Crippen LogP contribution in [-0.4, -0.2) is 31.7 Å². The van der Waals surface area contributed by atoms with Crippen LogP contribution in [0.4, 0.5) is 4.39 Å². The van der Waals surface area contributed by atoms with Gasteiger partial charge >= 0.3 is 0 Å². The van der Waals surface area contributed by atoms with Gasteiger partial charge in [-0.2, -0.15) is 9.49 Å². The summed E-state index contributed by atoms with van der Waals surface area (Å²) in [7, 11) is 0. The summed E-state index contributed by atoms with van der Waals surface area (Å²) in [5, 5.41) is 12.7. The minimum atomic E-state index is -0.190. The van der Waals surface area contributed by atoms with Crippen molar-refractivity contribution in [2.45, 2.75) is 13.5 Å². The van der Waals surface area contributed by atoms with Crippen molar-refractivity contribution in [1.82, 2.24) is 30.5 Å². The van der Waals surface area contributed by atoms with Crippen molar-refractivity contribution in [3.8, 4) is 33.0 Å². The van der Waals surface area contributed by atoms with Crippen LogP contribution in [0.25, 0.3) is 54.9 Å². The maximum atomic E-state index is 13.7. The van der Waals surface area contributed by atoms with Gasteiger partial charge in [0.25, 0.3) is 0 Å². The van der Waals surface area contributed by atoms with E-state index in [1.807, 2.05) is 42.9 Å². The Kier molecular flexibility index (Phi) is 5.16. The molecule has 6 rings (SSSR count). The molecule has 0 aliphatic heterocycles. The molecule has 5 aromatic heterocycles. The SMILES string of the molecule is CCNCc1cncc(-c2cnc3n[nH]c(-c4cc5c(-c6ccc(F)s6)cccc5[nH]4)c3c2)c1. The number of nitrogens with one attached hydrogen (secondary N) is 3. The Labute approximate surface area is 198 Å². The van der Waals surface area contributed by atoms with E-state index in [4.69, 9.17) is 0 Å². The second-order valence-electron chi connectivity index (χ2n) is 8.11. The number of hydrogen-bond donors (Lipinski definition) is 3. The van der Waals surface area contributed by atoms with Crippen molar-refractivity contribution in [1.29, 1.82) is 0 Å². The summed E-state index contributed by atoms with van der Waals surface area (Å²) in [5.41, 5.74) is 7.51. The molecule has 0 radical (unpaired) electrons. The molecule has 1 aromatic carbocycles. The Morgan fingerprint density at radius 3 is 2.76 bits per heavy atom. The summed E-state index contributed by atoms with van der Waals surface area (Å²) >= 11 is 1.15. The molecule has 0 aliphatic carbocycles. The van der Waals surface area contributed by atoms with Gasteiger partial charge in [0.05, 0.1) is 11.4 Å². The quantitative estimate of drug-likeness (QED) is 0.274. The van der Waals surface area contributed by atoms with Crippen LogP contribution in [0.15, 0.2) is 67.1 Å². The molecule has 0 aliphatic rings. The number of fused-ring (bicyclic) bond motifs is 2. The van der Waals surface area contributed by atoms with E-state index in [0.717, 1.165) is 79.2 Å². The molecule has 6 nitrogen and oxygen atoms in total. The number of benzene rings is 1. The second-order valence-corrected chi connectivity index (χ2v) is 9.14. The van der Waals surface area contributed by atoms with Gasteiger partial charge in [-0.05, 0) is 48.5 Å². The number of aromatic amines is 2. The molecular formula is C26H21FN6S. The van der Waals surface area contributed by atoms with E-state index in [-0.39, 0.29) is 5.13 Å². The zero-order chi connectivity index (χ0) is 23.1. The molecule has 168 valence electrons. The Morgan fingerprint density at radius 2 is 1.91 bits per heavy atom. The molecule has 0 fully saturated rings. The van der Waals surface area contributed by atoms with Crippen LogP contribution in [0.2, 0.25) is 0 Å². The van der Waals surface area contributed by atoms with Crippen molar-refractivity contribution in [3.05, 3.63) is 77.8 Å². The lowest BCUT2D eigenvalue weighted by Crippen LogP contribution is -2.11. The third kappa shape index (κ3) is 3.67. The van der Waals surface area contributed by atoms with Crippen molar-refractivity contribution in [2.75, 3.05) is 6.54 Å². The molecule has 0 unspecified atom stereocenters. The van der Waals surface area contributed by atoms with Gasteiger partial charge in [-0.3, -0.25) is 10.1 Å². The summed E-state index contributed by atoms with van der Waals surface area (Å²) in [5.74, 6) is 0. The van der Waals surface area contributed by atoms with Crippen LogP contribution in [0.1, 0.15) is 12.5 Å². The number of pyridine rings is 2. The third-order valence-electron chi connectivity index (χ3n) is 5.89. The monoisotopic (exact) mass is 468 g/mol. The molecule has 0 amide bonds. The van der Waals surface area contributed by atoms with E-state index in [1.54, 1.807) is 0 Å². The van der Waals surface area contributed by atoms with Crippen molar-refractivity contribution in [3.63, 3.8) is 0 Å². The third-order valence-corrected chi connectivity index (χ3v) is 6.80. The molecule has 34 heavy (non-hydrogen) atoms. The molecule has 0 atom stereocenters. The largest absolute Gasteiger partial charge is 0.353 e. The summed E-state index contributed by atoms with van der Waals surface area (Å²) in [6.07, 6.45) is 5.56. The molecule has 0 bridgehead atoms. The average molecular weight is 469 g/mol. The first-order valence-corrected chi connectivity index (χ1v) is 11.9. The standard InChI is InChI=1S/C26H21FN6S/c1-2-28-11-15-8-16(13-29-12-15)17-9-20-25(32-33-26(20)30-14-17)22-10-19-18(4-3-5-21(19)31-22)23-6-7-24(27)34-23/h3-10,12-14,28,31H,2,11H2,1H3,(H,30,32,33). The lowest BCUT2D eigenvalue weighted by Gasteiger charge is -2.05. The normalized spacial score (nSPS) is 11.6. The minimum absolute atomic E-state index is 0.190. The van der Waals surface area contributed by atoms with Crippen molar-refractivity contribution < 1.29 is 4.39 Å². The van der Waals surface area contributed by atoms with Gasteiger partial charge in [-0.15, -0.1) is 11.3 Å². The number of halogens is 1. The van der Waals surface area contributed by atoms with E-state index in [2.05, 4.69) is 55.6 Å². The van der Waals surface area contributed by atoms with E-state index in [0.29, 0.717) is 5.65 Å². The number of thiophene rings is 1.